The first-order valence-corrected chi connectivity index (χ1v) is 7.72. The van der Waals surface area contributed by atoms with Crippen LogP contribution in [0.4, 0.5) is 5.82 Å². The molecule has 19 heavy (non-hydrogen) atoms. The zero-order chi connectivity index (χ0) is 14.5. The maximum absolute atomic E-state index is 11.1. The summed E-state index contributed by atoms with van der Waals surface area (Å²) in [6.45, 7) is 6.88. The minimum atomic E-state index is -0.917. The van der Waals surface area contributed by atoms with Gasteiger partial charge < -0.3 is 10.4 Å². The van der Waals surface area contributed by atoms with E-state index < -0.39 is 5.97 Å². The van der Waals surface area contributed by atoms with Crippen molar-refractivity contribution >= 4 is 23.5 Å². The predicted octanol–water partition coefficient (Wildman–Crippen LogP) is 3.24. The van der Waals surface area contributed by atoms with Gasteiger partial charge in [-0.25, -0.2) is 9.78 Å². The second kappa shape index (κ2) is 6.80. The van der Waals surface area contributed by atoms with Crippen LogP contribution in [0.15, 0.2) is 12.1 Å². The van der Waals surface area contributed by atoms with E-state index in [2.05, 4.69) is 16.6 Å². The molecule has 0 aliphatic rings. The van der Waals surface area contributed by atoms with Crippen LogP contribution < -0.4 is 5.32 Å². The van der Waals surface area contributed by atoms with Crippen molar-refractivity contribution in [2.75, 3.05) is 23.9 Å². The zero-order valence-corrected chi connectivity index (χ0v) is 12.8. The molecule has 5 heteroatoms. The number of anilines is 1. The molecule has 0 aliphatic carbocycles. The summed E-state index contributed by atoms with van der Waals surface area (Å²) >= 11 is 1.80. The van der Waals surface area contributed by atoms with Gasteiger partial charge in [-0.2, -0.15) is 11.8 Å². The summed E-state index contributed by atoms with van der Waals surface area (Å²) in [6.07, 6.45) is 3.10. The van der Waals surface area contributed by atoms with Gasteiger partial charge in [0.25, 0.3) is 0 Å². The summed E-state index contributed by atoms with van der Waals surface area (Å²) in [5, 5.41) is 12.3. The van der Waals surface area contributed by atoms with Gasteiger partial charge in [0, 0.05) is 17.7 Å². The Morgan fingerprint density at radius 3 is 2.63 bits per heavy atom. The highest BCUT2D eigenvalue weighted by molar-refractivity contribution is 7.98. The van der Waals surface area contributed by atoms with E-state index in [4.69, 9.17) is 5.11 Å². The van der Waals surface area contributed by atoms with Crippen molar-refractivity contribution in [2.45, 2.75) is 32.6 Å². The van der Waals surface area contributed by atoms with E-state index in [0.29, 0.717) is 5.82 Å². The lowest BCUT2D eigenvalue weighted by Gasteiger charge is -2.19. The van der Waals surface area contributed by atoms with Gasteiger partial charge in [-0.3, -0.25) is 0 Å². The first-order valence-electron chi connectivity index (χ1n) is 6.33. The molecule has 1 aromatic rings. The number of aromatic nitrogens is 1. The van der Waals surface area contributed by atoms with Gasteiger partial charge in [-0.15, -0.1) is 0 Å². The topological polar surface area (TPSA) is 62.2 Å². The normalized spacial score (nSPS) is 11.4. The summed E-state index contributed by atoms with van der Waals surface area (Å²) in [6, 6.07) is 3.24. The highest BCUT2D eigenvalue weighted by Gasteiger charge is 2.18. The van der Waals surface area contributed by atoms with E-state index in [1.807, 2.05) is 20.8 Å². The van der Waals surface area contributed by atoms with Crippen LogP contribution in [0, 0.1) is 0 Å². The fraction of sp³-hybridized carbons (Fsp3) is 0.571. The fourth-order valence-corrected chi connectivity index (χ4v) is 1.99. The van der Waals surface area contributed by atoms with E-state index in [9.17, 15) is 4.79 Å². The Labute approximate surface area is 119 Å². The smallest absolute Gasteiger partial charge is 0.335 e. The van der Waals surface area contributed by atoms with Crippen LogP contribution in [0.5, 0.6) is 0 Å². The molecule has 0 fully saturated rings. The van der Waals surface area contributed by atoms with Crippen molar-refractivity contribution in [3.63, 3.8) is 0 Å². The van der Waals surface area contributed by atoms with Crippen LogP contribution in [-0.2, 0) is 5.41 Å². The summed E-state index contributed by atoms with van der Waals surface area (Å²) in [4.78, 5) is 15.7. The molecule has 1 rings (SSSR count). The number of carboxylic acids is 1. The first-order chi connectivity index (χ1) is 8.84. The summed E-state index contributed by atoms with van der Waals surface area (Å²) < 4.78 is 0. The highest BCUT2D eigenvalue weighted by Crippen LogP contribution is 2.23. The number of nitrogens with zero attached hydrogens (tertiary/aromatic N) is 1. The summed E-state index contributed by atoms with van der Waals surface area (Å²) in [5.74, 6) is 0.809. The number of thioether (sulfide) groups is 1. The fourth-order valence-electron chi connectivity index (χ4n) is 1.56. The Hall–Kier alpha value is -1.23. The Kier molecular flexibility index (Phi) is 5.66. The van der Waals surface area contributed by atoms with Crippen molar-refractivity contribution in [1.82, 2.24) is 4.98 Å². The second-order valence-corrected chi connectivity index (χ2v) is 6.44. The molecule has 4 nitrogen and oxygen atoms in total. The number of hydrogen-bond donors (Lipinski definition) is 2. The second-order valence-electron chi connectivity index (χ2n) is 5.45. The number of carbonyl (C=O) groups is 1. The first kappa shape index (κ1) is 15.8. The molecule has 0 unspecified atom stereocenters. The quantitative estimate of drug-likeness (QED) is 0.784. The molecular formula is C14H22N2O2S. The molecule has 0 radical (unpaired) electrons. The number of aromatic carboxylic acids is 1. The molecule has 0 saturated heterocycles. The van der Waals surface area contributed by atoms with Gasteiger partial charge in [0.2, 0.25) is 0 Å². The third-order valence-corrected chi connectivity index (χ3v) is 3.37. The molecule has 1 aromatic heterocycles. The molecule has 0 amide bonds. The third kappa shape index (κ3) is 5.11. The average Bonchev–Trinajstić information content (AvgIpc) is 2.33. The molecular weight excluding hydrogens is 260 g/mol. The summed E-state index contributed by atoms with van der Waals surface area (Å²) in [5.41, 5.74) is 0.910. The van der Waals surface area contributed by atoms with Gasteiger partial charge in [-0.1, -0.05) is 20.8 Å². The lowest BCUT2D eigenvalue weighted by atomic mass is 9.91. The molecule has 2 N–H and O–H groups in total. The minimum absolute atomic E-state index is 0.166. The molecule has 1 heterocycles. The predicted molar refractivity (Wildman–Crippen MR) is 81.4 cm³/mol. The van der Waals surface area contributed by atoms with E-state index in [0.717, 1.165) is 24.4 Å². The van der Waals surface area contributed by atoms with E-state index >= 15 is 0 Å². The van der Waals surface area contributed by atoms with Gasteiger partial charge in [0.1, 0.15) is 5.82 Å². The Balaban J connectivity index is 2.91. The van der Waals surface area contributed by atoms with Crippen LogP contribution in [0.25, 0.3) is 0 Å². The molecule has 0 bridgehead atoms. The van der Waals surface area contributed by atoms with Crippen molar-refractivity contribution in [2.24, 2.45) is 0 Å². The maximum atomic E-state index is 11.1. The number of carboxylic acid groups (broad SMARTS) is 1. The van der Waals surface area contributed by atoms with Crippen LogP contribution in [0.1, 0.15) is 43.2 Å². The van der Waals surface area contributed by atoms with Crippen LogP contribution >= 0.6 is 11.8 Å². The summed E-state index contributed by atoms with van der Waals surface area (Å²) in [7, 11) is 0. The Bertz CT molecular complexity index is 442. The lowest BCUT2D eigenvalue weighted by molar-refractivity contribution is 0.0696. The standard InChI is InChI=1S/C14H22N2O2S/c1-14(2,3)11-8-10(13(17)18)9-12(16-11)15-6-5-7-19-4/h8-9H,5-7H2,1-4H3,(H,15,16)(H,17,18). The van der Waals surface area contributed by atoms with Crippen LogP contribution in [0.3, 0.4) is 0 Å². The SMILES string of the molecule is CSCCCNc1cc(C(=O)O)cc(C(C)(C)C)n1. The van der Waals surface area contributed by atoms with Gasteiger partial charge in [0.05, 0.1) is 5.56 Å². The molecule has 0 saturated carbocycles. The van der Waals surface area contributed by atoms with Gasteiger partial charge in [0.15, 0.2) is 0 Å². The molecule has 0 aromatic carbocycles. The average molecular weight is 282 g/mol. The van der Waals surface area contributed by atoms with E-state index in [-0.39, 0.29) is 11.0 Å². The monoisotopic (exact) mass is 282 g/mol. The molecule has 0 spiro atoms. The van der Waals surface area contributed by atoms with Crippen molar-refractivity contribution in [3.8, 4) is 0 Å². The van der Waals surface area contributed by atoms with Crippen molar-refractivity contribution in [3.05, 3.63) is 23.4 Å². The van der Waals surface area contributed by atoms with Crippen LogP contribution in [-0.4, -0.2) is 34.6 Å². The lowest BCUT2D eigenvalue weighted by Crippen LogP contribution is -2.17. The highest BCUT2D eigenvalue weighted by atomic mass is 32.2. The Morgan fingerprint density at radius 1 is 1.42 bits per heavy atom. The van der Waals surface area contributed by atoms with Crippen molar-refractivity contribution < 1.29 is 9.90 Å². The molecule has 0 aliphatic heterocycles. The largest absolute Gasteiger partial charge is 0.478 e. The molecule has 0 atom stereocenters. The number of pyridine rings is 1. The number of nitrogens with one attached hydrogen (secondary N) is 1. The minimum Gasteiger partial charge on any atom is -0.478 e. The third-order valence-electron chi connectivity index (χ3n) is 2.67. The number of rotatable bonds is 6. The Morgan fingerprint density at radius 2 is 2.11 bits per heavy atom. The van der Waals surface area contributed by atoms with Crippen molar-refractivity contribution in [1.29, 1.82) is 0 Å². The van der Waals surface area contributed by atoms with Crippen LogP contribution in [0.2, 0.25) is 0 Å². The van der Waals surface area contributed by atoms with E-state index in [1.165, 1.54) is 0 Å². The maximum Gasteiger partial charge on any atom is 0.335 e. The number of hydrogen-bond acceptors (Lipinski definition) is 4. The van der Waals surface area contributed by atoms with Gasteiger partial charge >= 0.3 is 5.97 Å². The molecule has 106 valence electrons. The zero-order valence-electron chi connectivity index (χ0n) is 12.0. The van der Waals surface area contributed by atoms with E-state index in [1.54, 1.807) is 23.9 Å². The van der Waals surface area contributed by atoms with Gasteiger partial charge in [-0.05, 0) is 30.6 Å².